The Bertz CT molecular complexity index is 865. The van der Waals surface area contributed by atoms with E-state index in [0.29, 0.717) is 0 Å². The van der Waals surface area contributed by atoms with Crippen LogP contribution in [0.2, 0.25) is 0 Å². The van der Waals surface area contributed by atoms with Gasteiger partial charge in [-0.25, -0.2) is 5.01 Å². The second-order valence-corrected chi connectivity index (χ2v) is 8.59. The van der Waals surface area contributed by atoms with Gasteiger partial charge >= 0.3 is 6.18 Å². The van der Waals surface area contributed by atoms with E-state index in [-0.39, 0.29) is 24.4 Å². The number of carbonyl (C=O) groups is 1. The number of benzene rings is 2. The molecule has 0 spiro atoms. The van der Waals surface area contributed by atoms with Crippen LogP contribution in [0.25, 0.3) is 10.8 Å². The van der Waals surface area contributed by atoms with Crippen LogP contribution in [0, 0.1) is 0 Å². The number of hydrazine groups is 1. The van der Waals surface area contributed by atoms with Crippen molar-refractivity contribution >= 4 is 16.7 Å². The van der Waals surface area contributed by atoms with Crippen LogP contribution in [0.15, 0.2) is 36.4 Å². The van der Waals surface area contributed by atoms with Crippen LogP contribution < -0.4 is 5.43 Å². The van der Waals surface area contributed by atoms with Crippen LogP contribution in [-0.2, 0) is 11.2 Å². The van der Waals surface area contributed by atoms with Crippen molar-refractivity contribution < 1.29 is 18.0 Å². The van der Waals surface area contributed by atoms with Gasteiger partial charge in [0.25, 0.3) is 0 Å². The van der Waals surface area contributed by atoms with Crippen molar-refractivity contribution in [2.75, 3.05) is 6.54 Å². The van der Waals surface area contributed by atoms with Crippen molar-refractivity contribution in [2.24, 2.45) is 0 Å². The highest BCUT2D eigenvalue weighted by atomic mass is 19.4. The topological polar surface area (TPSA) is 32.3 Å². The third-order valence-electron chi connectivity index (χ3n) is 6.03. The zero-order valence-electron chi connectivity index (χ0n) is 18.3. The van der Waals surface area contributed by atoms with E-state index in [4.69, 9.17) is 0 Å². The van der Waals surface area contributed by atoms with Crippen LogP contribution in [0.1, 0.15) is 81.9 Å². The third-order valence-corrected chi connectivity index (χ3v) is 6.03. The van der Waals surface area contributed by atoms with Gasteiger partial charge in [0.15, 0.2) is 0 Å². The molecule has 1 N–H and O–H groups in total. The van der Waals surface area contributed by atoms with Crippen molar-refractivity contribution in [1.82, 2.24) is 10.4 Å². The van der Waals surface area contributed by atoms with Gasteiger partial charge in [0.2, 0.25) is 5.91 Å². The van der Waals surface area contributed by atoms with Gasteiger partial charge in [0, 0.05) is 13.0 Å². The van der Waals surface area contributed by atoms with E-state index >= 15 is 0 Å². The summed E-state index contributed by atoms with van der Waals surface area (Å²) in [6.45, 7) is 2.28. The molecule has 31 heavy (non-hydrogen) atoms. The molecule has 1 saturated heterocycles. The summed E-state index contributed by atoms with van der Waals surface area (Å²) in [5.74, 6) is -0.374. The molecule has 6 heteroatoms. The highest BCUT2D eigenvalue weighted by Gasteiger charge is 2.46. The van der Waals surface area contributed by atoms with Gasteiger partial charge in [-0.2, -0.15) is 13.2 Å². The SMILES string of the molecule is CCCCCCCCCCc1ccc2cc([C@H](N3CCC(=O)N3)C(F)(F)F)ccc2c1. The molecule has 0 radical (unpaired) electrons. The van der Waals surface area contributed by atoms with Crippen LogP contribution in [0.4, 0.5) is 13.2 Å². The lowest BCUT2D eigenvalue weighted by Crippen LogP contribution is -2.43. The van der Waals surface area contributed by atoms with Crippen molar-refractivity contribution in [2.45, 2.75) is 83.4 Å². The Balaban J connectivity index is 1.61. The lowest BCUT2D eigenvalue weighted by atomic mass is 9.98. The molecule has 2 aromatic rings. The molecular weight excluding hydrogens is 401 g/mol. The quantitative estimate of drug-likeness (QED) is 0.392. The number of rotatable bonds is 11. The van der Waals surface area contributed by atoms with E-state index in [1.165, 1.54) is 56.6 Å². The van der Waals surface area contributed by atoms with Gasteiger partial charge < -0.3 is 0 Å². The molecule has 0 aliphatic carbocycles. The van der Waals surface area contributed by atoms with E-state index < -0.39 is 12.2 Å². The molecule has 1 aliphatic heterocycles. The first-order valence-corrected chi connectivity index (χ1v) is 11.5. The molecule has 1 atom stereocenters. The van der Waals surface area contributed by atoms with Gasteiger partial charge in [-0.05, 0) is 40.8 Å². The van der Waals surface area contributed by atoms with E-state index in [9.17, 15) is 18.0 Å². The largest absolute Gasteiger partial charge is 0.409 e. The zero-order valence-corrected chi connectivity index (χ0v) is 18.3. The van der Waals surface area contributed by atoms with Crippen molar-refractivity contribution in [1.29, 1.82) is 0 Å². The molecule has 3 nitrogen and oxygen atoms in total. The van der Waals surface area contributed by atoms with Gasteiger partial charge in [-0.1, -0.05) is 82.2 Å². The minimum absolute atomic E-state index is 0.0542. The molecule has 1 amide bonds. The van der Waals surface area contributed by atoms with Crippen LogP contribution in [0.5, 0.6) is 0 Å². The fraction of sp³-hybridized carbons (Fsp3) is 0.560. The summed E-state index contributed by atoms with van der Waals surface area (Å²) < 4.78 is 41.2. The fourth-order valence-electron chi connectivity index (χ4n) is 4.34. The number of hydrogen-bond donors (Lipinski definition) is 1. The number of amides is 1. The summed E-state index contributed by atoms with van der Waals surface area (Å²) in [5.41, 5.74) is 3.72. The van der Waals surface area contributed by atoms with E-state index in [1.807, 2.05) is 12.1 Å². The maximum absolute atomic E-state index is 13.7. The molecule has 0 aromatic heterocycles. The number of alkyl halides is 3. The number of fused-ring (bicyclic) bond motifs is 1. The number of hydrogen-bond acceptors (Lipinski definition) is 2. The van der Waals surface area contributed by atoms with Crippen LogP contribution >= 0.6 is 0 Å². The second kappa shape index (κ2) is 11.0. The predicted octanol–water partition coefficient (Wildman–Crippen LogP) is 6.86. The summed E-state index contributed by atoms with van der Waals surface area (Å²) in [4.78, 5) is 11.4. The van der Waals surface area contributed by atoms with E-state index in [2.05, 4.69) is 18.4 Å². The highest BCUT2D eigenvalue weighted by molar-refractivity contribution is 5.84. The second-order valence-electron chi connectivity index (χ2n) is 8.59. The fourth-order valence-corrected chi connectivity index (χ4v) is 4.34. The minimum Gasteiger partial charge on any atom is -0.288 e. The maximum Gasteiger partial charge on any atom is 0.409 e. The molecule has 1 aliphatic rings. The Kier molecular flexibility index (Phi) is 8.35. The maximum atomic E-state index is 13.7. The minimum atomic E-state index is -4.47. The number of carbonyl (C=O) groups excluding carboxylic acids is 1. The third kappa shape index (κ3) is 6.70. The molecule has 0 unspecified atom stereocenters. The molecule has 2 aromatic carbocycles. The average molecular weight is 435 g/mol. The number of nitrogens with zero attached hydrogens (tertiary/aromatic N) is 1. The number of unbranched alkanes of at least 4 members (excludes halogenated alkanes) is 7. The monoisotopic (exact) mass is 434 g/mol. The molecule has 0 bridgehead atoms. The Labute approximate surface area is 183 Å². The first-order valence-electron chi connectivity index (χ1n) is 11.5. The van der Waals surface area contributed by atoms with Crippen molar-refractivity contribution in [3.05, 3.63) is 47.5 Å². The van der Waals surface area contributed by atoms with Gasteiger partial charge in [-0.15, -0.1) is 0 Å². The van der Waals surface area contributed by atoms with Crippen LogP contribution in [0.3, 0.4) is 0 Å². The predicted molar refractivity (Wildman–Crippen MR) is 119 cm³/mol. The molecule has 1 heterocycles. The van der Waals surface area contributed by atoms with Gasteiger partial charge in [-0.3, -0.25) is 10.2 Å². The molecule has 1 fully saturated rings. The zero-order chi connectivity index (χ0) is 22.3. The molecule has 0 saturated carbocycles. The Morgan fingerprint density at radius 3 is 2.23 bits per heavy atom. The lowest BCUT2D eigenvalue weighted by Gasteiger charge is -2.29. The van der Waals surface area contributed by atoms with E-state index in [0.717, 1.165) is 28.6 Å². The average Bonchev–Trinajstić information content (AvgIpc) is 3.14. The van der Waals surface area contributed by atoms with Gasteiger partial charge in [0.05, 0.1) is 0 Å². The standard InChI is InChI=1S/C25H33F3N2O/c1-2-3-4-5-6-7-8-9-10-19-11-12-21-18-22(14-13-20(21)17-19)24(25(26,27)28)30-16-15-23(31)29-30/h11-14,17-18,24H,2-10,15-16H2,1H3,(H,29,31)/t24-/m0/s1. The number of aryl methyl sites for hydroxylation is 1. The summed E-state index contributed by atoms with van der Waals surface area (Å²) in [6.07, 6.45) is 6.81. The summed E-state index contributed by atoms with van der Waals surface area (Å²) in [6, 6.07) is 9.07. The lowest BCUT2D eigenvalue weighted by molar-refractivity contribution is -0.191. The summed E-state index contributed by atoms with van der Waals surface area (Å²) in [7, 11) is 0. The smallest absolute Gasteiger partial charge is 0.288 e. The van der Waals surface area contributed by atoms with Crippen LogP contribution in [-0.4, -0.2) is 23.6 Å². The first-order chi connectivity index (χ1) is 14.9. The normalized spacial score (nSPS) is 16.1. The Hall–Kier alpha value is -2.08. The summed E-state index contributed by atoms with van der Waals surface area (Å²) >= 11 is 0. The molecular formula is C25H33F3N2O. The van der Waals surface area contributed by atoms with Gasteiger partial charge in [0.1, 0.15) is 6.04 Å². The van der Waals surface area contributed by atoms with Crippen molar-refractivity contribution in [3.8, 4) is 0 Å². The molecule has 3 rings (SSSR count). The first kappa shape index (κ1) is 23.6. The Morgan fingerprint density at radius 1 is 0.935 bits per heavy atom. The highest BCUT2D eigenvalue weighted by Crippen LogP contribution is 2.39. The number of halogens is 3. The van der Waals surface area contributed by atoms with Crippen molar-refractivity contribution in [3.63, 3.8) is 0 Å². The summed E-state index contributed by atoms with van der Waals surface area (Å²) in [5, 5.41) is 2.74. The Morgan fingerprint density at radius 2 is 1.58 bits per heavy atom. The van der Waals surface area contributed by atoms with E-state index in [1.54, 1.807) is 12.1 Å². The molecule has 170 valence electrons. The number of nitrogens with one attached hydrogen (secondary N) is 1.